The number of nitrogens with zero attached hydrogens (tertiary/aromatic N) is 4. The molecule has 0 aliphatic carbocycles. The van der Waals surface area contributed by atoms with E-state index in [0.29, 0.717) is 74.2 Å². The summed E-state index contributed by atoms with van der Waals surface area (Å²) < 4.78 is 19.5. The van der Waals surface area contributed by atoms with Gasteiger partial charge < -0.3 is 47.5 Å². The predicted molar refractivity (Wildman–Crippen MR) is 346 cm³/mol. The molecule has 0 aromatic heterocycles. The summed E-state index contributed by atoms with van der Waals surface area (Å²) in [6.45, 7) is 19.5. The lowest BCUT2D eigenvalue weighted by molar-refractivity contribution is -0.963. The zero-order valence-corrected chi connectivity index (χ0v) is 56.4. The van der Waals surface area contributed by atoms with Crippen molar-refractivity contribution < 1.29 is 61.8 Å². The van der Waals surface area contributed by atoms with Crippen LogP contribution in [0.4, 0.5) is 0 Å². The third kappa shape index (κ3) is 56.0. The van der Waals surface area contributed by atoms with Gasteiger partial charge in [-0.05, 0) is 25.7 Å². The van der Waals surface area contributed by atoms with E-state index < -0.39 is 0 Å². The minimum absolute atomic E-state index is 0.0951. The number of carbonyl (C=O) groups excluding carboxylic acids is 3. The van der Waals surface area contributed by atoms with Gasteiger partial charge in [0.1, 0.15) is 45.8 Å². The summed E-state index contributed by atoms with van der Waals surface area (Å²) in [5.41, 5.74) is 0. The molecule has 0 heterocycles. The van der Waals surface area contributed by atoms with Gasteiger partial charge in [0.25, 0.3) is 0 Å². The summed E-state index contributed by atoms with van der Waals surface area (Å²) in [5.74, 6) is -0.358. The highest BCUT2D eigenvalue weighted by atomic mass is 16.5. The van der Waals surface area contributed by atoms with Crippen LogP contribution in [0.1, 0.15) is 285 Å². The van der Waals surface area contributed by atoms with Gasteiger partial charge in [0.05, 0.1) is 120 Å². The first-order valence-electron chi connectivity index (χ1n) is 35.1. The van der Waals surface area contributed by atoms with Crippen molar-refractivity contribution in [1.29, 1.82) is 0 Å². The van der Waals surface area contributed by atoms with Crippen molar-refractivity contribution >= 4 is 17.9 Å². The van der Waals surface area contributed by atoms with Crippen molar-refractivity contribution in [3.8, 4) is 0 Å². The number of esters is 3. The standard InChI is InChI=1S/C43H88N2O5.C26H56N2O4/c1-6-9-11-13-15-17-19-21-23-25-27-29-40-49-42(47)31-34-45(5,37-36-44(4,33-8-3)38-39-46)35-32-43(48)50-41-30-28-26-24-22-20-18-16-14-12-10-7-2;1-5-6-7-8-9-10-11-12-13-14-15-16-25-32-26(31)17-18-27(2,3)19-20-28(4,21-23-29)22-24-30/h46H,6-41H2,1-5H3;29-30H,5-25H2,1-4H3/q2*+2. The van der Waals surface area contributed by atoms with Crippen molar-refractivity contribution in [2.45, 2.75) is 285 Å². The number of aliphatic hydroxyl groups is 3. The normalized spacial score (nSPS) is 12.7. The Morgan fingerprint density at radius 3 is 0.732 bits per heavy atom. The van der Waals surface area contributed by atoms with Crippen LogP contribution >= 0.6 is 0 Å². The van der Waals surface area contributed by atoms with Crippen LogP contribution in [0, 0.1) is 0 Å². The van der Waals surface area contributed by atoms with Gasteiger partial charge >= 0.3 is 17.9 Å². The number of unbranched alkanes of at least 4 members (excludes halogenated alkanes) is 33. The van der Waals surface area contributed by atoms with Crippen molar-refractivity contribution in [1.82, 2.24) is 0 Å². The van der Waals surface area contributed by atoms with E-state index in [4.69, 9.17) is 14.2 Å². The van der Waals surface area contributed by atoms with Crippen LogP contribution in [-0.2, 0) is 28.6 Å². The van der Waals surface area contributed by atoms with Gasteiger partial charge in [-0.25, -0.2) is 0 Å². The maximum absolute atomic E-state index is 12.7. The lowest BCUT2D eigenvalue weighted by atomic mass is 10.1. The number of hydrogen-bond donors (Lipinski definition) is 3. The third-order valence-electron chi connectivity index (χ3n) is 17.5. The maximum atomic E-state index is 12.7. The van der Waals surface area contributed by atoms with Gasteiger partial charge in [-0.3, -0.25) is 14.4 Å². The van der Waals surface area contributed by atoms with E-state index in [9.17, 15) is 29.7 Å². The van der Waals surface area contributed by atoms with E-state index in [2.05, 4.69) is 62.9 Å². The Labute approximate surface area is 509 Å². The minimum atomic E-state index is -0.131. The van der Waals surface area contributed by atoms with Crippen LogP contribution in [-0.4, -0.2) is 198 Å². The summed E-state index contributed by atoms with van der Waals surface area (Å²) in [7, 11) is 10.7. The predicted octanol–water partition coefficient (Wildman–Crippen LogP) is 14.7. The van der Waals surface area contributed by atoms with Gasteiger partial charge in [0.15, 0.2) is 0 Å². The monoisotopic (exact) mass is 1170 g/mol. The molecular weight excluding hydrogens is 1030 g/mol. The molecule has 1 atom stereocenters. The Bertz CT molecular complexity index is 1340. The van der Waals surface area contributed by atoms with Crippen molar-refractivity contribution in [2.24, 2.45) is 0 Å². The molecule has 0 spiro atoms. The molecule has 0 amide bonds. The summed E-state index contributed by atoms with van der Waals surface area (Å²) in [6.07, 6.45) is 48.9. The molecule has 0 radical (unpaired) electrons. The average Bonchev–Trinajstić information content (AvgIpc) is 3.45. The van der Waals surface area contributed by atoms with Gasteiger partial charge in [0.2, 0.25) is 0 Å². The highest BCUT2D eigenvalue weighted by Crippen LogP contribution is 2.17. The molecule has 1 unspecified atom stereocenters. The first kappa shape index (κ1) is 82.2. The number of hydrogen-bond acceptors (Lipinski definition) is 9. The van der Waals surface area contributed by atoms with Crippen LogP contribution in [0.3, 0.4) is 0 Å². The van der Waals surface area contributed by atoms with Crippen LogP contribution < -0.4 is 0 Å². The Balaban J connectivity index is 0. The summed E-state index contributed by atoms with van der Waals surface area (Å²) in [6, 6.07) is 0. The Morgan fingerprint density at radius 2 is 0.476 bits per heavy atom. The molecule has 0 aliphatic rings. The van der Waals surface area contributed by atoms with Crippen LogP contribution in [0.2, 0.25) is 0 Å². The number of carbonyl (C=O) groups is 3. The summed E-state index contributed by atoms with van der Waals surface area (Å²) >= 11 is 0. The van der Waals surface area contributed by atoms with E-state index in [0.717, 1.165) is 99.7 Å². The lowest BCUT2D eigenvalue weighted by Crippen LogP contribution is -2.56. The van der Waals surface area contributed by atoms with E-state index in [-0.39, 0.29) is 37.7 Å². The zero-order valence-electron chi connectivity index (χ0n) is 56.4. The lowest BCUT2D eigenvalue weighted by Gasteiger charge is -2.39. The fourth-order valence-electron chi connectivity index (χ4n) is 11.1. The molecule has 0 bridgehead atoms. The minimum Gasteiger partial charge on any atom is -0.466 e. The van der Waals surface area contributed by atoms with Crippen molar-refractivity contribution in [2.75, 3.05) is 147 Å². The van der Waals surface area contributed by atoms with E-state index >= 15 is 0 Å². The molecule has 0 aliphatic heterocycles. The molecule has 0 rings (SSSR count). The Morgan fingerprint density at radius 1 is 0.256 bits per heavy atom. The third-order valence-corrected chi connectivity index (χ3v) is 17.5. The average molecular weight is 1170 g/mol. The largest absolute Gasteiger partial charge is 0.466 e. The molecule has 82 heavy (non-hydrogen) atoms. The number of quaternary nitrogens is 4. The molecule has 0 saturated heterocycles. The molecule has 13 heteroatoms. The van der Waals surface area contributed by atoms with E-state index in [1.54, 1.807) is 0 Å². The second-order valence-corrected chi connectivity index (χ2v) is 26.5. The molecule has 490 valence electrons. The van der Waals surface area contributed by atoms with Gasteiger partial charge in [-0.15, -0.1) is 0 Å². The highest BCUT2D eigenvalue weighted by Gasteiger charge is 2.31. The van der Waals surface area contributed by atoms with E-state index in [1.165, 1.54) is 193 Å². The molecule has 0 saturated carbocycles. The van der Waals surface area contributed by atoms with E-state index in [1.807, 2.05) is 0 Å². The first-order valence-corrected chi connectivity index (χ1v) is 35.1. The maximum Gasteiger partial charge on any atom is 0.311 e. The smallest absolute Gasteiger partial charge is 0.311 e. The van der Waals surface area contributed by atoms with Crippen LogP contribution in [0.25, 0.3) is 0 Å². The first-order chi connectivity index (χ1) is 39.5. The molecule has 13 nitrogen and oxygen atoms in total. The van der Waals surface area contributed by atoms with Crippen LogP contribution in [0.15, 0.2) is 0 Å². The summed E-state index contributed by atoms with van der Waals surface area (Å²) in [4.78, 5) is 37.5. The van der Waals surface area contributed by atoms with Gasteiger partial charge in [-0.1, -0.05) is 240 Å². The number of rotatable bonds is 62. The number of aliphatic hydroxyl groups excluding tert-OH is 3. The zero-order chi connectivity index (χ0) is 61.2. The summed E-state index contributed by atoms with van der Waals surface area (Å²) in [5, 5.41) is 28.3. The molecule has 0 fully saturated rings. The molecular formula is C69H144N4O9+4. The van der Waals surface area contributed by atoms with Crippen molar-refractivity contribution in [3.05, 3.63) is 0 Å². The number of likely N-dealkylation sites (N-methyl/N-ethyl adjacent to an activating group) is 4. The molecule has 0 aromatic carbocycles. The second-order valence-electron chi connectivity index (χ2n) is 26.5. The van der Waals surface area contributed by atoms with Crippen molar-refractivity contribution in [3.63, 3.8) is 0 Å². The fraction of sp³-hybridized carbons (Fsp3) is 0.957. The number of ether oxygens (including phenoxy) is 3. The molecule has 0 aromatic rings. The topological polar surface area (TPSA) is 140 Å². The fourth-order valence-corrected chi connectivity index (χ4v) is 11.1. The van der Waals surface area contributed by atoms with Crippen LogP contribution in [0.5, 0.6) is 0 Å². The second kappa shape index (κ2) is 58.2. The highest BCUT2D eigenvalue weighted by molar-refractivity contribution is 5.70. The quantitative estimate of drug-likeness (QED) is 0.0235. The Hall–Kier alpha value is -1.87. The SMILES string of the molecule is CCCCCCCCCCCCCCOC(=O)CC[N+](C)(C)CC[N+](C)(CCO)CCO.CCCCCCCCCCCCCCOC(=O)CC[N+](C)(CCC(=O)OCCCCCCCCCCCCCC)CC[N+](C)(CCC)CCO. The molecule has 3 N–H and O–H groups in total. The Kier molecular flexibility index (Phi) is 58.3. The van der Waals surface area contributed by atoms with Gasteiger partial charge in [0, 0.05) is 0 Å². The van der Waals surface area contributed by atoms with Gasteiger partial charge in [-0.2, -0.15) is 0 Å².